The van der Waals surface area contributed by atoms with E-state index in [1.54, 1.807) is 32.4 Å². The molecule has 20 heavy (non-hydrogen) atoms. The molecule has 0 heterocycles. The molecule has 0 atom stereocenters. The molecule has 2 aromatic carbocycles. The van der Waals surface area contributed by atoms with Gasteiger partial charge in [0.25, 0.3) is 0 Å². The van der Waals surface area contributed by atoms with Crippen molar-refractivity contribution in [3.05, 3.63) is 36.1 Å². The van der Waals surface area contributed by atoms with Crippen molar-refractivity contribution in [2.24, 2.45) is 0 Å². The van der Waals surface area contributed by atoms with Gasteiger partial charge in [0.2, 0.25) is 0 Å². The van der Waals surface area contributed by atoms with Gasteiger partial charge >= 0.3 is 0 Å². The van der Waals surface area contributed by atoms with E-state index in [4.69, 9.17) is 19.9 Å². The molecule has 0 spiro atoms. The molecule has 0 saturated heterocycles. The van der Waals surface area contributed by atoms with E-state index in [1.165, 1.54) is 13.2 Å². The largest absolute Gasteiger partial charge is 0.494 e. The summed E-state index contributed by atoms with van der Waals surface area (Å²) in [4.78, 5) is 0. The summed E-state index contributed by atoms with van der Waals surface area (Å²) < 4.78 is 29.3. The number of halogens is 1. The van der Waals surface area contributed by atoms with Crippen LogP contribution >= 0.6 is 0 Å². The Labute approximate surface area is 116 Å². The van der Waals surface area contributed by atoms with Crippen molar-refractivity contribution >= 4 is 5.69 Å². The second kappa shape index (κ2) is 5.69. The third kappa shape index (κ3) is 2.47. The number of hydrogen-bond donors (Lipinski definition) is 1. The van der Waals surface area contributed by atoms with Crippen LogP contribution in [0.4, 0.5) is 10.1 Å². The average Bonchev–Trinajstić information content (AvgIpc) is 2.49. The number of hydrogen-bond acceptors (Lipinski definition) is 4. The molecule has 0 aromatic heterocycles. The Balaban J connectivity index is 2.54. The minimum atomic E-state index is -0.519. The third-order valence-corrected chi connectivity index (χ3v) is 3.03. The fourth-order valence-electron chi connectivity index (χ4n) is 1.94. The minimum absolute atomic E-state index is 0.00303. The lowest BCUT2D eigenvalue weighted by molar-refractivity contribution is 0.355. The van der Waals surface area contributed by atoms with Crippen LogP contribution in [0.3, 0.4) is 0 Å². The maximum absolute atomic E-state index is 13.8. The second-order valence-electron chi connectivity index (χ2n) is 4.14. The van der Waals surface area contributed by atoms with E-state index in [0.717, 1.165) is 5.56 Å². The maximum Gasteiger partial charge on any atom is 0.161 e. The lowest BCUT2D eigenvalue weighted by atomic mass is 10.0. The van der Waals surface area contributed by atoms with Gasteiger partial charge in [0.1, 0.15) is 11.4 Å². The van der Waals surface area contributed by atoms with Gasteiger partial charge in [0.05, 0.1) is 21.3 Å². The van der Waals surface area contributed by atoms with Crippen LogP contribution in [-0.4, -0.2) is 21.3 Å². The second-order valence-corrected chi connectivity index (χ2v) is 4.14. The fraction of sp³-hybridized carbons (Fsp3) is 0.200. The standard InChI is InChI=1S/C15H16FNO3/c1-18-12-5-4-9(7-13(12)19-2)10-6-11(16)15(17)14(8-10)20-3/h4-8H,17H2,1-3H3. The molecular formula is C15H16FNO3. The summed E-state index contributed by atoms with van der Waals surface area (Å²) in [6, 6.07) is 8.38. The Hall–Kier alpha value is -2.43. The first kappa shape index (κ1) is 14.0. The SMILES string of the molecule is COc1ccc(-c2cc(F)c(N)c(OC)c2)cc1OC. The van der Waals surface area contributed by atoms with Crippen LogP contribution in [0.5, 0.6) is 17.2 Å². The van der Waals surface area contributed by atoms with E-state index in [9.17, 15) is 4.39 Å². The van der Waals surface area contributed by atoms with E-state index < -0.39 is 5.82 Å². The molecule has 0 unspecified atom stereocenters. The molecule has 0 aliphatic rings. The van der Waals surface area contributed by atoms with E-state index in [1.807, 2.05) is 6.07 Å². The highest BCUT2D eigenvalue weighted by Gasteiger charge is 2.12. The van der Waals surface area contributed by atoms with Crippen LogP contribution in [0.1, 0.15) is 0 Å². The number of methoxy groups -OCH3 is 3. The summed E-state index contributed by atoms with van der Waals surface area (Å²) in [6.07, 6.45) is 0. The molecule has 0 aliphatic carbocycles. The molecule has 2 aromatic rings. The van der Waals surface area contributed by atoms with Gasteiger partial charge in [0, 0.05) is 0 Å². The Morgan fingerprint density at radius 2 is 1.40 bits per heavy atom. The van der Waals surface area contributed by atoms with Crippen molar-refractivity contribution in [3.8, 4) is 28.4 Å². The van der Waals surface area contributed by atoms with Crippen LogP contribution in [0.25, 0.3) is 11.1 Å². The number of benzene rings is 2. The average molecular weight is 277 g/mol. The lowest BCUT2D eigenvalue weighted by Crippen LogP contribution is -1.97. The van der Waals surface area contributed by atoms with Crippen molar-refractivity contribution in [2.45, 2.75) is 0 Å². The molecule has 106 valence electrons. The molecule has 0 radical (unpaired) electrons. The monoisotopic (exact) mass is 277 g/mol. The molecule has 0 aliphatic heterocycles. The predicted molar refractivity (Wildman–Crippen MR) is 75.9 cm³/mol. The Morgan fingerprint density at radius 3 is 2.00 bits per heavy atom. The summed E-state index contributed by atoms with van der Waals surface area (Å²) in [5, 5.41) is 0. The molecule has 2 N–H and O–H groups in total. The quantitative estimate of drug-likeness (QED) is 0.872. The number of anilines is 1. The third-order valence-electron chi connectivity index (χ3n) is 3.03. The van der Waals surface area contributed by atoms with Gasteiger partial charge in [-0.3, -0.25) is 0 Å². The zero-order valence-corrected chi connectivity index (χ0v) is 11.6. The summed E-state index contributed by atoms with van der Waals surface area (Å²) in [6.45, 7) is 0. The van der Waals surface area contributed by atoms with Gasteiger partial charge in [-0.15, -0.1) is 0 Å². The Kier molecular flexibility index (Phi) is 3.98. The zero-order chi connectivity index (χ0) is 14.7. The van der Waals surface area contributed by atoms with Crippen molar-refractivity contribution in [1.82, 2.24) is 0 Å². The minimum Gasteiger partial charge on any atom is -0.494 e. The van der Waals surface area contributed by atoms with Crippen LogP contribution in [-0.2, 0) is 0 Å². The Morgan fingerprint density at radius 1 is 0.800 bits per heavy atom. The summed E-state index contributed by atoms with van der Waals surface area (Å²) >= 11 is 0. The van der Waals surface area contributed by atoms with E-state index in [2.05, 4.69) is 0 Å². The van der Waals surface area contributed by atoms with Crippen LogP contribution in [0.2, 0.25) is 0 Å². The van der Waals surface area contributed by atoms with Gasteiger partial charge in [-0.05, 0) is 35.4 Å². The highest BCUT2D eigenvalue weighted by atomic mass is 19.1. The van der Waals surface area contributed by atoms with E-state index in [-0.39, 0.29) is 5.69 Å². The zero-order valence-electron chi connectivity index (χ0n) is 11.6. The predicted octanol–water partition coefficient (Wildman–Crippen LogP) is 3.10. The highest BCUT2D eigenvalue weighted by molar-refractivity contribution is 5.72. The van der Waals surface area contributed by atoms with Crippen molar-refractivity contribution in [1.29, 1.82) is 0 Å². The number of ether oxygens (including phenoxy) is 3. The first-order valence-electron chi connectivity index (χ1n) is 5.96. The van der Waals surface area contributed by atoms with Crippen molar-refractivity contribution in [3.63, 3.8) is 0 Å². The first-order valence-corrected chi connectivity index (χ1v) is 5.96. The summed E-state index contributed by atoms with van der Waals surface area (Å²) in [5.41, 5.74) is 7.02. The smallest absolute Gasteiger partial charge is 0.161 e. The molecule has 0 amide bonds. The van der Waals surface area contributed by atoms with Gasteiger partial charge < -0.3 is 19.9 Å². The lowest BCUT2D eigenvalue weighted by Gasteiger charge is -2.12. The molecule has 0 saturated carbocycles. The molecular weight excluding hydrogens is 261 g/mol. The molecule has 5 heteroatoms. The Bertz CT molecular complexity index is 629. The van der Waals surface area contributed by atoms with Crippen LogP contribution in [0.15, 0.2) is 30.3 Å². The highest BCUT2D eigenvalue weighted by Crippen LogP contribution is 2.35. The van der Waals surface area contributed by atoms with Crippen LogP contribution in [0, 0.1) is 5.82 Å². The normalized spacial score (nSPS) is 10.2. The maximum atomic E-state index is 13.8. The van der Waals surface area contributed by atoms with Crippen molar-refractivity contribution < 1.29 is 18.6 Å². The van der Waals surface area contributed by atoms with E-state index in [0.29, 0.717) is 22.8 Å². The fourth-order valence-corrected chi connectivity index (χ4v) is 1.94. The number of nitrogens with two attached hydrogens (primary N) is 1. The summed E-state index contributed by atoms with van der Waals surface area (Å²) in [7, 11) is 4.55. The van der Waals surface area contributed by atoms with Gasteiger partial charge in [0.15, 0.2) is 17.3 Å². The van der Waals surface area contributed by atoms with Gasteiger partial charge in [-0.1, -0.05) is 6.07 Å². The first-order chi connectivity index (χ1) is 9.60. The molecule has 0 fully saturated rings. The molecule has 0 bridgehead atoms. The molecule has 4 nitrogen and oxygen atoms in total. The topological polar surface area (TPSA) is 53.7 Å². The summed E-state index contributed by atoms with van der Waals surface area (Å²) in [5.74, 6) is 0.962. The van der Waals surface area contributed by atoms with E-state index >= 15 is 0 Å². The van der Waals surface area contributed by atoms with Crippen molar-refractivity contribution in [2.75, 3.05) is 27.1 Å². The van der Waals surface area contributed by atoms with Gasteiger partial charge in [-0.2, -0.15) is 0 Å². The molecule has 2 rings (SSSR count). The van der Waals surface area contributed by atoms with Crippen LogP contribution < -0.4 is 19.9 Å². The number of nitrogen functional groups attached to an aromatic ring is 1. The number of rotatable bonds is 4. The van der Waals surface area contributed by atoms with Gasteiger partial charge in [-0.25, -0.2) is 4.39 Å².